The smallest absolute Gasteiger partial charge is 0.481 e. The average molecular weight is 535 g/mol. The van der Waals surface area contributed by atoms with Gasteiger partial charge in [-0.3, -0.25) is 4.98 Å². The van der Waals surface area contributed by atoms with Gasteiger partial charge in [0, 0.05) is 43.7 Å². The summed E-state index contributed by atoms with van der Waals surface area (Å²) in [6.45, 7) is 13.0. The van der Waals surface area contributed by atoms with Crippen LogP contribution in [0.1, 0.15) is 47.1 Å². The number of methoxy groups -OCH3 is 1. The minimum Gasteiger partial charge on any atom is -0.481 e. The minimum absolute atomic E-state index is 0.108. The quantitative estimate of drug-likeness (QED) is 0.471. The molecule has 2 N–H and O–H groups in total. The van der Waals surface area contributed by atoms with Gasteiger partial charge in [-0.2, -0.15) is 0 Å². The fourth-order valence-electron chi connectivity index (χ4n) is 4.97. The number of amides is 1. The maximum absolute atomic E-state index is 14.8. The minimum atomic E-state index is -1.34. The van der Waals surface area contributed by atoms with E-state index in [0.29, 0.717) is 48.5 Å². The summed E-state index contributed by atoms with van der Waals surface area (Å²) in [6, 6.07) is 3.42. The normalized spacial score (nSPS) is 19.3. The summed E-state index contributed by atoms with van der Waals surface area (Å²) < 4.78 is 30.8. The number of alkyl carbamates (subject to hydrolysis) is 1. The number of hydrogen-bond acceptors (Lipinski definition) is 8. The van der Waals surface area contributed by atoms with Crippen molar-refractivity contribution >= 4 is 23.3 Å². The van der Waals surface area contributed by atoms with Crippen LogP contribution in [0.15, 0.2) is 18.3 Å². The van der Waals surface area contributed by atoms with Gasteiger partial charge in [-0.1, -0.05) is 20.8 Å². The third-order valence-electron chi connectivity index (χ3n) is 6.57. The van der Waals surface area contributed by atoms with Crippen LogP contribution in [-0.2, 0) is 15.9 Å². The molecule has 0 saturated carbocycles. The van der Waals surface area contributed by atoms with E-state index in [1.54, 1.807) is 32.9 Å². The van der Waals surface area contributed by atoms with E-state index in [-0.39, 0.29) is 18.4 Å². The van der Waals surface area contributed by atoms with Crippen molar-refractivity contribution < 1.29 is 33.3 Å². The van der Waals surface area contributed by atoms with Gasteiger partial charge in [0.1, 0.15) is 17.5 Å². The maximum Gasteiger partial charge on any atom is 0.506 e. The third kappa shape index (κ3) is 7.66. The molecule has 1 aliphatic rings. The molecule has 0 bridgehead atoms. The Morgan fingerprint density at radius 3 is 2.53 bits per heavy atom. The van der Waals surface area contributed by atoms with Gasteiger partial charge in [-0.15, -0.1) is 0 Å². The number of aromatic nitrogens is 2. The fourth-order valence-corrected chi connectivity index (χ4v) is 4.97. The number of ether oxygens (including phenoxy) is 3. The molecule has 1 amide bonds. The molecular weight excluding hydrogens is 495 g/mol. The van der Waals surface area contributed by atoms with Gasteiger partial charge in [0.05, 0.1) is 24.3 Å². The zero-order chi connectivity index (χ0) is 28.3. The second-order valence-corrected chi connectivity index (χ2v) is 11.8. The van der Waals surface area contributed by atoms with E-state index in [1.165, 1.54) is 13.3 Å². The van der Waals surface area contributed by atoms with Gasteiger partial charge in [-0.25, -0.2) is 19.0 Å². The van der Waals surface area contributed by atoms with Crippen molar-refractivity contribution in [3.8, 4) is 5.88 Å². The number of carbonyl (C=O) groups is 2. The topological polar surface area (TPSA) is 123 Å². The van der Waals surface area contributed by atoms with Gasteiger partial charge < -0.3 is 29.5 Å². The highest BCUT2D eigenvalue weighted by atomic mass is 19.1. The third-order valence-corrected chi connectivity index (χ3v) is 6.57. The second-order valence-electron chi connectivity index (χ2n) is 11.8. The highest BCUT2D eigenvalue weighted by Crippen LogP contribution is 2.37. The van der Waals surface area contributed by atoms with E-state index in [2.05, 4.69) is 20.2 Å². The van der Waals surface area contributed by atoms with Crippen LogP contribution >= 0.6 is 0 Å². The van der Waals surface area contributed by atoms with E-state index >= 15 is 0 Å². The maximum atomic E-state index is 14.8. The molecule has 2 aromatic heterocycles. The van der Waals surface area contributed by atoms with E-state index in [4.69, 9.17) is 14.2 Å². The highest BCUT2D eigenvalue weighted by molar-refractivity contribution is 5.78. The van der Waals surface area contributed by atoms with Gasteiger partial charge in [0.2, 0.25) is 5.88 Å². The Labute approximate surface area is 222 Å². The summed E-state index contributed by atoms with van der Waals surface area (Å²) >= 11 is 0. The van der Waals surface area contributed by atoms with E-state index in [9.17, 15) is 19.1 Å². The standard InChI is InChI=1S/C27H39FN4O6/c1-26(2,3)23(37-25(34)35)18-15-32(14-16(18)12-30-24(33)38-27(4,5)6)11-10-17-19(28)13-29-20-8-9-21(36-7)31-22(17)20/h8-9,13,16,18,23H,10-12,14-15H2,1-7H3,(H,30,33)(H,34,35). The lowest BCUT2D eigenvalue weighted by Crippen LogP contribution is -2.44. The highest BCUT2D eigenvalue weighted by Gasteiger charge is 2.45. The molecule has 10 nitrogen and oxygen atoms in total. The first-order chi connectivity index (χ1) is 17.7. The largest absolute Gasteiger partial charge is 0.506 e. The van der Waals surface area contributed by atoms with Crippen LogP contribution < -0.4 is 10.1 Å². The SMILES string of the molecule is COc1ccc2ncc(F)c(CCN3CC(CNC(=O)OC(C)(C)C)C(C(OC(=O)O)C(C)(C)C)C3)c2n1. The zero-order valence-electron chi connectivity index (χ0n) is 23.2. The number of nitrogens with zero attached hydrogens (tertiary/aromatic N) is 3. The van der Waals surface area contributed by atoms with Gasteiger partial charge in [0.25, 0.3) is 0 Å². The van der Waals surface area contributed by atoms with Gasteiger partial charge in [0.15, 0.2) is 0 Å². The second kappa shape index (κ2) is 11.7. The molecule has 0 aliphatic carbocycles. The summed E-state index contributed by atoms with van der Waals surface area (Å²) in [5.41, 5.74) is 0.347. The predicted molar refractivity (Wildman–Crippen MR) is 140 cm³/mol. The summed E-state index contributed by atoms with van der Waals surface area (Å²) in [5, 5.41) is 12.3. The Kier molecular flexibility index (Phi) is 9.01. The van der Waals surface area contributed by atoms with Crippen molar-refractivity contribution in [2.45, 2.75) is 59.7 Å². The van der Waals surface area contributed by atoms with Crippen LogP contribution in [0.3, 0.4) is 0 Å². The number of carbonyl (C=O) groups excluding carboxylic acids is 1. The van der Waals surface area contributed by atoms with Crippen molar-refractivity contribution in [1.29, 1.82) is 0 Å². The first-order valence-corrected chi connectivity index (χ1v) is 12.7. The van der Waals surface area contributed by atoms with Gasteiger partial charge in [-0.05, 0) is 44.6 Å². The molecular formula is C27H39FN4O6. The Hall–Kier alpha value is -3.21. The summed E-state index contributed by atoms with van der Waals surface area (Å²) in [7, 11) is 1.50. The Bertz CT molecular complexity index is 1150. The van der Waals surface area contributed by atoms with Crippen molar-refractivity contribution in [3.05, 3.63) is 29.7 Å². The zero-order valence-corrected chi connectivity index (χ0v) is 23.2. The average Bonchev–Trinajstić information content (AvgIpc) is 3.20. The van der Waals surface area contributed by atoms with E-state index in [0.717, 1.165) is 0 Å². The lowest BCUT2D eigenvalue weighted by molar-refractivity contribution is -0.0382. The molecule has 0 radical (unpaired) electrons. The summed E-state index contributed by atoms with van der Waals surface area (Å²) in [5.74, 6) is -0.375. The molecule has 0 aromatic carbocycles. The van der Waals surface area contributed by atoms with Crippen LogP contribution in [0, 0.1) is 23.1 Å². The number of rotatable bonds is 8. The van der Waals surface area contributed by atoms with Crippen molar-refractivity contribution in [1.82, 2.24) is 20.2 Å². The molecule has 0 spiro atoms. The summed E-state index contributed by atoms with van der Waals surface area (Å²) in [4.78, 5) is 34.6. The number of nitrogens with one attached hydrogen (secondary N) is 1. The fraction of sp³-hybridized carbons (Fsp3) is 0.630. The molecule has 3 heterocycles. The molecule has 2 aromatic rings. The predicted octanol–water partition coefficient (Wildman–Crippen LogP) is 4.50. The van der Waals surface area contributed by atoms with Crippen molar-refractivity contribution in [2.24, 2.45) is 17.3 Å². The molecule has 1 saturated heterocycles. The molecule has 38 heavy (non-hydrogen) atoms. The van der Waals surface area contributed by atoms with Crippen LogP contribution in [-0.4, -0.2) is 77.2 Å². The first-order valence-electron chi connectivity index (χ1n) is 12.7. The first kappa shape index (κ1) is 29.3. The number of halogens is 1. The Morgan fingerprint density at radius 2 is 1.92 bits per heavy atom. The van der Waals surface area contributed by atoms with Crippen LogP contribution in [0.5, 0.6) is 5.88 Å². The monoisotopic (exact) mass is 534 g/mol. The van der Waals surface area contributed by atoms with Crippen molar-refractivity contribution in [3.63, 3.8) is 0 Å². The number of likely N-dealkylation sites (tertiary alicyclic amines) is 1. The lowest BCUT2D eigenvalue weighted by atomic mass is 9.77. The number of carboxylic acid groups (broad SMARTS) is 1. The molecule has 3 unspecified atom stereocenters. The molecule has 210 valence electrons. The Morgan fingerprint density at radius 1 is 1.21 bits per heavy atom. The molecule has 11 heteroatoms. The molecule has 3 rings (SSSR count). The number of pyridine rings is 2. The van der Waals surface area contributed by atoms with Crippen molar-refractivity contribution in [2.75, 3.05) is 33.3 Å². The van der Waals surface area contributed by atoms with Crippen LogP contribution in [0.4, 0.5) is 14.0 Å². The van der Waals surface area contributed by atoms with E-state index in [1.807, 2.05) is 20.8 Å². The number of hydrogen-bond donors (Lipinski definition) is 2. The molecule has 1 aliphatic heterocycles. The molecule has 1 fully saturated rings. The molecule has 3 atom stereocenters. The van der Waals surface area contributed by atoms with E-state index < -0.39 is 35.2 Å². The summed E-state index contributed by atoms with van der Waals surface area (Å²) in [6.07, 6.45) is -0.925. The number of fused-ring (bicyclic) bond motifs is 1. The van der Waals surface area contributed by atoms with Gasteiger partial charge >= 0.3 is 12.2 Å². The Balaban J connectivity index is 1.81. The lowest BCUT2D eigenvalue weighted by Gasteiger charge is -2.36. The van der Waals surface area contributed by atoms with Crippen LogP contribution in [0.25, 0.3) is 11.0 Å². The van der Waals surface area contributed by atoms with Crippen LogP contribution in [0.2, 0.25) is 0 Å².